The number of aliphatic hydroxyl groups excluding tert-OH is 1. The van der Waals surface area contributed by atoms with Gasteiger partial charge in [-0.1, -0.05) is 13.8 Å². The van der Waals surface area contributed by atoms with E-state index in [1.54, 1.807) is 23.9 Å². The van der Waals surface area contributed by atoms with Crippen LogP contribution in [0.15, 0.2) is 29.2 Å². The van der Waals surface area contributed by atoms with Crippen molar-refractivity contribution in [3.8, 4) is 0 Å². The van der Waals surface area contributed by atoms with Gasteiger partial charge in [0.2, 0.25) is 0 Å². The first kappa shape index (κ1) is 15.1. The summed E-state index contributed by atoms with van der Waals surface area (Å²) in [6.45, 7) is 4.40. The molecule has 0 aromatic heterocycles. The average Bonchev–Trinajstić information content (AvgIpc) is 2.35. The first-order valence-corrected chi connectivity index (χ1v) is 7.35. The van der Waals surface area contributed by atoms with Gasteiger partial charge in [0.25, 0.3) is 5.91 Å². The Balaban J connectivity index is 2.44. The number of carbonyl (C=O) groups excluding carboxylic acids is 1. The number of carbonyl (C=O) groups is 1. The third kappa shape index (κ3) is 5.10. The Hall–Kier alpha value is -1.00. The molecule has 0 radical (unpaired) electrons. The molecule has 3 nitrogen and oxygen atoms in total. The molecular weight excluding hydrogens is 246 g/mol. The van der Waals surface area contributed by atoms with Crippen molar-refractivity contribution in [2.24, 2.45) is 5.92 Å². The van der Waals surface area contributed by atoms with Crippen molar-refractivity contribution in [3.05, 3.63) is 29.8 Å². The molecule has 1 amide bonds. The fourth-order valence-corrected chi connectivity index (χ4v) is 2.09. The van der Waals surface area contributed by atoms with E-state index in [1.807, 2.05) is 32.2 Å². The highest BCUT2D eigenvalue weighted by Crippen LogP contribution is 2.14. The van der Waals surface area contributed by atoms with Crippen LogP contribution < -0.4 is 5.32 Å². The number of hydrogen-bond donors (Lipinski definition) is 2. The van der Waals surface area contributed by atoms with Gasteiger partial charge in [-0.05, 0) is 42.9 Å². The molecule has 2 N–H and O–H groups in total. The Morgan fingerprint density at radius 3 is 2.44 bits per heavy atom. The second-order valence-corrected chi connectivity index (χ2v) is 5.60. The van der Waals surface area contributed by atoms with Gasteiger partial charge in [0.05, 0.1) is 6.10 Å². The SMILES string of the molecule is CSc1ccc(C(=O)NCC(O)CC(C)C)cc1. The molecule has 100 valence electrons. The highest BCUT2D eigenvalue weighted by molar-refractivity contribution is 7.98. The average molecular weight is 267 g/mol. The van der Waals surface area contributed by atoms with Crippen LogP contribution in [0.2, 0.25) is 0 Å². The van der Waals surface area contributed by atoms with Crippen LogP contribution in [0.4, 0.5) is 0 Å². The van der Waals surface area contributed by atoms with Gasteiger partial charge in [-0.2, -0.15) is 0 Å². The van der Waals surface area contributed by atoms with Gasteiger partial charge in [-0.15, -0.1) is 11.8 Å². The summed E-state index contributed by atoms with van der Waals surface area (Å²) in [6, 6.07) is 7.44. The van der Waals surface area contributed by atoms with Crippen molar-refractivity contribution in [1.82, 2.24) is 5.32 Å². The second-order valence-electron chi connectivity index (χ2n) is 4.72. The first-order valence-electron chi connectivity index (χ1n) is 6.13. The van der Waals surface area contributed by atoms with E-state index < -0.39 is 6.10 Å². The lowest BCUT2D eigenvalue weighted by Gasteiger charge is -2.13. The molecule has 0 heterocycles. The van der Waals surface area contributed by atoms with Crippen molar-refractivity contribution < 1.29 is 9.90 Å². The zero-order valence-corrected chi connectivity index (χ0v) is 12.0. The highest BCUT2D eigenvalue weighted by atomic mass is 32.2. The van der Waals surface area contributed by atoms with Crippen molar-refractivity contribution in [2.45, 2.75) is 31.3 Å². The Labute approximate surface area is 113 Å². The molecule has 1 rings (SSSR count). The Morgan fingerprint density at radius 1 is 1.33 bits per heavy atom. The van der Waals surface area contributed by atoms with Crippen LogP contribution in [0.25, 0.3) is 0 Å². The van der Waals surface area contributed by atoms with Crippen LogP contribution in [-0.2, 0) is 0 Å². The molecule has 1 atom stereocenters. The summed E-state index contributed by atoms with van der Waals surface area (Å²) in [4.78, 5) is 12.9. The number of aliphatic hydroxyl groups is 1. The van der Waals surface area contributed by atoms with Crippen molar-refractivity contribution >= 4 is 17.7 Å². The van der Waals surface area contributed by atoms with Gasteiger partial charge in [0, 0.05) is 17.0 Å². The highest BCUT2D eigenvalue weighted by Gasteiger charge is 2.10. The predicted octanol–water partition coefficient (Wildman–Crippen LogP) is 2.55. The predicted molar refractivity (Wildman–Crippen MR) is 76.0 cm³/mol. The molecule has 1 aromatic rings. The molecular formula is C14H21NO2S. The van der Waals surface area contributed by atoms with E-state index in [-0.39, 0.29) is 5.91 Å². The minimum atomic E-state index is -0.473. The summed E-state index contributed by atoms with van der Waals surface area (Å²) < 4.78 is 0. The van der Waals surface area contributed by atoms with E-state index in [1.165, 1.54) is 0 Å². The van der Waals surface area contributed by atoms with Crippen LogP contribution in [0.1, 0.15) is 30.6 Å². The van der Waals surface area contributed by atoms with Gasteiger partial charge in [0.15, 0.2) is 0 Å². The quantitative estimate of drug-likeness (QED) is 0.779. The number of rotatable bonds is 6. The minimum absolute atomic E-state index is 0.134. The van der Waals surface area contributed by atoms with Gasteiger partial charge in [-0.3, -0.25) is 4.79 Å². The molecule has 1 unspecified atom stereocenters. The van der Waals surface area contributed by atoms with Crippen LogP contribution >= 0.6 is 11.8 Å². The normalized spacial score (nSPS) is 12.5. The fourth-order valence-electron chi connectivity index (χ4n) is 1.68. The lowest BCUT2D eigenvalue weighted by atomic mass is 10.1. The van der Waals surface area contributed by atoms with E-state index in [0.29, 0.717) is 24.4 Å². The van der Waals surface area contributed by atoms with Crippen LogP contribution in [0, 0.1) is 5.92 Å². The standard InChI is InChI=1S/C14H21NO2S/c1-10(2)8-12(16)9-15-14(17)11-4-6-13(18-3)7-5-11/h4-7,10,12,16H,8-9H2,1-3H3,(H,15,17). The molecule has 0 spiro atoms. The van der Waals surface area contributed by atoms with Crippen LogP contribution in [0.3, 0.4) is 0 Å². The molecule has 18 heavy (non-hydrogen) atoms. The summed E-state index contributed by atoms with van der Waals surface area (Å²) in [7, 11) is 0. The molecule has 0 bridgehead atoms. The summed E-state index contributed by atoms with van der Waals surface area (Å²) in [6.07, 6.45) is 2.22. The summed E-state index contributed by atoms with van der Waals surface area (Å²) in [5.74, 6) is 0.295. The third-order valence-corrected chi connectivity index (χ3v) is 3.34. The number of thioether (sulfide) groups is 1. The second kappa shape index (κ2) is 7.44. The monoisotopic (exact) mass is 267 g/mol. The molecule has 1 aromatic carbocycles. The topological polar surface area (TPSA) is 49.3 Å². The molecule has 0 aliphatic heterocycles. The fraction of sp³-hybridized carbons (Fsp3) is 0.500. The van der Waals surface area contributed by atoms with Crippen molar-refractivity contribution in [1.29, 1.82) is 0 Å². The number of nitrogens with one attached hydrogen (secondary N) is 1. The van der Waals surface area contributed by atoms with E-state index in [2.05, 4.69) is 5.32 Å². The maximum atomic E-state index is 11.8. The smallest absolute Gasteiger partial charge is 0.251 e. The molecule has 0 fully saturated rings. The molecule has 0 saturated carbocycles. The lowest BCUT2D eigenvalue weighted by molar-refractivity contribution is 0.0900. The Kier molecular flexibility index (Phi) is 6.22. The molecule has 0 aliphatic carbocycles. The molecule has 4 heteroatoms. The van der Waals surface area contributed by atoms with Crippen molar-refractivity contribution in [2.75, 3.05) is 12.8 Å². The van der Waals surface area contributed by atoms with Gasteiger partial charge in [-0.25, -0.2) is 0 Å². The lowest BCUT2D eigenvalue weighted by Crippen LogP contribution is -2.32. The summed E-state index contributed by atoms with van der Waals surface area (Å²) >= 11 is 1.64. The van der Waals surface area contributed by atoms with Gasteiger partial charge in [0.1, 0.15) is 0 Å². The molecule has 0 saturated heterocycles. The Morgan fingerprint density at radius 2 is 1.94 bits per heavy atom. The Bertz CT molecular complexity index is 376. The maximum Gasteiger partial charge on any atom is 0.251 e. The van der Waals surface area contributed by atoms with E-state index >= 15 is 0 Å². The number of hydrogen-bond acceptors (Lipinski definition) is 3. The van der Waals surface area contributed by atoms with Crippen molar-refractivity contribution in [3.63, 3.8) is 0 Å². The van der Waals surface area contributed by atoms with E-state index in [0.717, 1.165) is 4.90 Å². The zero-order valence-electron chi connectivity index (χ0n) is 11.1. The van der Waals surface area contributed by atoms with E-state index in [9.17, 15) is 9.90 Å². The van der Waals surface area contributed by atoms with Gasteiger partial charge < -0.3 is 10.4 Å². The number of benzene rings is 1. The van der Waals surface area contributed by atoms with Crippen LogP contribution in [-0.4, -0.2) is 29.9 Å². The molecule has 0 aliphatic rings. The third-order valence-electron chi connectivity index (χ3n) is 2.59. The minimum Gasteiger partial charge on any atom is -0.391 e. The number of amides is 1. The largest absolute Gasteiger partial charge is 0.391 e. The zero-order chi connectivity index (χ0) is 13.5. The van der Waals surface area contributed by atoms with E-state index in [4.69, 9.17) is 0 Å². The van der Waals surface area contributed by atoms with Gasteiger partial charge >= 0.3 is 0 Å². The summed E-state index contributed by atoms with van der Waals surface area (Å²) in [5, 5.41) is 12.4. The summed E-state index contributed by atoms with van der Waals surface area (Å²) in [5.41, 5.74) is 0.629. The first-order chi connectivity index (χ1) is 8.52. The maximum absolute atomic E-state index is 11.8. The van der Waals surface area contributed by atoms with Crippen LogP contribution in [0.5, 0.6) is 0 Å².